The first-order valence-electron chi connectivity index (χ1n) is 6.19. The molecule has 0 saturated heterocycles. The highest BCUT2D eigenvalue weighted by molar-refractivity contribution is 5.74. The van der Waals surface area contributed by atoms with E-state index in [1.54, 1.807) is 0 Å². The zero-order valence-electron chi connectivity index (χ0n) is 10.6. The monoisotopic (exact) mass is 242 g/mol. The van der Waals surface area contributed by atoms with Crippen LogP contribution in [0.4, 0.5) is 4.79 Å². The largest absolute Gasteiger partial charge is 0.481 e. The summed E-state index contributed by atoms with van der Waals surface area (Å²) in [6, 6.07) is -0.144. The predicted octanol–water partition coefficient (Wildman–Crippen LogP) is 1.73. The standard InChI is InChI=1S/C12H22N2O3/c1-9(4-5-10(15)16)8-13-11(17)14-12(2)6-3-7-12/h9H,3-8H2,1-2H3,(H,15,16)(H2,13,14,17). The molecule has 2 amide bonds. The number of aliphatic carboxylic acids is 1. The van der Waals surface area contributed by atoms with Gasteiger partial charge in [-0.25, -0.2) is 4.79 Å². The van der Waals surface area contributed by atoms with Crippen molar-refractivity contribution >= 4 is 12.0 Å². The maximum Gasteiger partial charge on any atom is 0.315 e. The molecule has 0 radical (unpaired) electrons. The van der Waals surface area contributed by atoms with Crippen LogP contribution in [0.25, 0.3) is 0 Å². The molecule has 1 fully saturated rings. The van der Waals surface area contributed by atoms with Gasteiger partial charge in [0.15, 0.2) is 0 Å². The summed E-state index contributed by atoms with van der Waals surface area (Å²) in [5.41, 5.74) is -0.0333. The molecule has 0 aliphatic heterocycles. The molecule has 5 heteroatoms. The van der Waals surface area contributed by atoms with Gasteiger partial charge in [0.1, 0.15) is 0 Å². The molecule has 17 heavy (non-hydrogen) atoms. The Morgan fingerprint density at radius 3 is 2.53 bits per heavy atom. The van der Waals surface area contributed by atoms with Crippen LogP contribution < -0.4 is 10.6 Å². The van der Waals surface area contributed by atoms with Gasteiger partial charge in [-0.05, 0) is 38.5 Å². The molecule has 1 atom stereocenters. The van der Waals surface area contributed by atoms with Gasteiger partial charge in [-0.15, -0.1) is 0 Å². The summed E-state index contributed by atoms with van der Waals surface area (Å²) in [6.45, 7) is 4.51. The first-order valence-corrected chi connectivity index (χ1v) is 6.19. The number of carboxylic acid groups (broad SMARTS) is 1. The van der Waals surface area contributed by atoms with Gasteiger partial charge < -0.3 is 15.7 Å². The summed E-state index contributed by atoms with van der Waals surface area (Å²) in [5.74, 6) is -0.602. The number of amides is 2. The summed E-state index contributed by atoms with van der Waals surface area (Å²) in [6.07, 6.45) is 3.99. The van der Waals surface area contributed by atoms with Crippen LogP contribution in [0.5, 0.6) is 0 Å². The molecule has 0 spiro atoms. The lowest BCUT2D eigenvalue weighted by Crippen LogP contribution is -2.54. The van der Waals surface area contributed by atoms with E-state index >= 15 is 0 Å². The molecule has 0 heterocycles. The molecule has 3 N–H and O–H groups in total. The second-order valence-electron chi connectivity index (χ2n) is 5.29. The van der Waals surface area contributed by atoms with E-state index in [2.05, 4.69) is 10.6 Å². The van der Waals surface area contributed by atoms with E-state index in [0.717, 1.165) is 12.8 Å². The van der Waals surface area contributed by atoms with Crippen LogP contribution in [0, 0.1) is 5.92 Å². The third kappa shape index (κ3) is 5.06. The first kappa shape index (κ1) is 13.8. The van der Waals surface area contributed by atoms with E-state index in [9.17, 15) is 9.59 Å². The van der Waals surface area contributed by atoms with Crippen LogP contribution in [0.2, 0.25) is 0 Å². The number of rotatable bonds is 6. The van der Waals surface area contributed by atoms with Crippen molar-refractivity contribution < 1.29 is 14.7 Å². The lowest BCUT2D eigenvalue weighted by Gasteiger charge is -2.39. The van der Waals surface area contributed by atoms with Gasteiger partial charge in [0.05, 0.1) is 0 Å². The Bertz CT molecular complexity index is 287. The molecule has 0 aromatic carbocycles. The molecular formula is C12H22N2O3. The van der Waals surface area contributed by atoms with Crippen molar-refractivity contribution in [1.29, 1.82) is 0 Å². The fraction of sp³-hybridized carbons (Fsp3) is 0.833. The topological polar surface area (TPSA) is 78.4 Å². The first-order chi connectivity index (χ1) is 7.91. The molecule has 0 aromatic rings. The number of urea groups is 1. The van der Waals surface area contributed by atoms with E-state index in [1.165, 1.54) is 6.42 Å². The number of nitrogens with one attached hydrogen (secondary N) is 2. The summed E-state index contributed by atoms with van der Waals surface area (Å²) in [5, 5.41) is 14.3. The maximum atomic E-state index is 11.6. The van der Waals surface area contributed by atoms with Gasteiger partial charge in [0.25, 0.3) is 0 Å². The third-order valence-corrected chi connectivity index (χ3v) is 3.33. The Kier molecular flexibility index (Phi) is 4.78. The van der Waals surface area contributed by atoms with Crippen LogP contribution in [-0.4, -0.2) is 29.2 Å². The normalized spacial score (nSPS) is 18.9. The summed E-state index contributed by atoms with van der Waals surface area (Å²) < 4.78 is 0. The quantitative estimate of drug-likeness (QED) is 0.663. The molecule has 0 bridgehead atoms. The third-order valence-electron chi connectivity index (χ3n) is 3.33. The number of hydrogen-bond donors (Lipinski definition) is 3. The zero-order valence-corrected chi connectivity index (χ0v) is 10.6. The van der Waals surface area contributed by atoms with Crippen molar-refractivity contribution in [1.82, 2.24) is 10.6 Å². The zero-order chi connectivity index (χ0) is 12.9. The van der Waals surface area contributed by atoms with Gasteiger partial charge >= 0.3 is 12.0 Å². The average Bonchev–Trinajstić information content (AvgIpc) is 2.21. The molecule has 98 valence electrons. The second-order valence-corrected chi connectivity index (χ2v) is 5.29. The molecular weight excluding hydrogens is 220 g/mol. The van der Waals surface area contributed by atoms with Crippen molar-refractivity contribution in [2.45, 2.75) is 51.5 Å². The Morgan fingerprint density at radius 1 is 1.41 bits per heavy atom. The fourth-order valence-electron chi connectivity index (χ4n) is 1.89. The average molecular weight is 242 g/mol. The molecule has 1 rings (SSSR count). The van der Waals surface area contributed by atoms with Crippen molar-refractivity contribution in [2.24, 2.45) is 5.92 Å². The molecule has 0 aromatic heterocycles. The van der Waals surface area contributed by atoms with Crippen molar-refractivity contribution in [2.75, 3.05) is 6.54 Å². The molecule has 1 unspecified atom stereocenters. The van der Waals surface area contributed by atoms with Gasteiger partial charge in [0, 0.05) is 18.5 Å². The minimum Gasteiger partial charge on any atom is -0.481 e. The smallest absolute Gasteiger partial charge is 0.315 e. The maximum absolute atomic E-state index is 11.6. The number of carboxylic acids is 1. The Balaban J connectivity index is 2.12. The summed E-state index contributed by atoms with van der Waals surface area (Å²) >= 11 is 0. The Hall–Kier alpha value is -1.26. The van der Waals surface area contributed by atoms with Gasteiger partial charge in [-0.2, -0.15) is 0 Å². The van der Waals surface area contributed by atoms with Crippen LogP contribution in [0.15, 0.2) is 0 Å². The highest BCUT2D eigenvalue weighted by Gasteiger charge is 2.32. The lowest BCUT2D eigenvalue weighted by atomic mass is 9.79. The van der Waals surface area contributed by atoms with E-state index in [0.29, 0.717) is 13.0 Å². The number of carbonyl (C=O) groups is 2. The fourth-order valence-corrected chi connectivity index (χ4v) is 1.89. The minimum atomic E-state index is -0.789. The van der Waals surface area contributed by atoms with Crippen LogP contribution in [0.3, 0.4) is 0 Å². The van der Waals surface area contributed by atoms with Crippen LogP contribution >= 0.6 is 0 Å². The highest BCUT2D eigenvalue weighted by atomic mass is 16.4. The van der Waals surface area contributed by atoms with E-state index in [4.69, 9.17) is 5.11 Å². The number of carbonyl (C=O) groups excluding carboxylic acids is 1. The van der Waals surface area contributed by atoms with Crippen LogP contribution in [0.1, 0.15) is 46.0 Å². The van der Waals surface area contributed by atoms with E-state index < -0.39 is 5.97 Å². The molecule has 1 aliphatic rings. The Morgan fingerprint density at radius 2 is 2.06 bits per heavy atom. The molecule has 5 nitrogen and oxygen atoms in total. The van der Waals surface area contributed by atoms with E-state index in [1.807, 2.05) is 13.8 Å². The van der Waals surface area contributed by atoms with Gasteiger partial charge in [0.2, 0.25) is 0 Å². The number of hydrogen-bond acceptors (Lipinski definition) is 2. The second kappa shape index (κ2) is 5.89. The molecule has 1 saturated carbocycles. The van der Waals surface area contributed by atoms with Gasteiger partial charge in [-0.1, -0.05) is 6.92 Å². The molecule has 1 aliphatic carbocycles. The van der Waals surface area contributed by atoms with Crippen molar-refractivity contribution in [3.05, 3.63) is 0 Å². The van der Waals surface area contributed by atoms with Gasteiger partial charge in [-0.3, -0.25) is 4.79 Å². The SMILES string of the molecule is CC(CCC(=O)O)CNC(=O)NC1(C)CCC1. The lowest BCUT2D eigenvalue weighted by molar-refractivity contribution is -0.137. The Labute approximate surface area is 102 Å². The van der Waals surface area contributed by atoms with Crippen LogP contribution in [-0.2, 0) is 4.79 Å². The van der Waals surface area contributed by atoms with E-state index in [-0.39, 0.29) is 23.9 Å². The summed E-state index contributed by atoms with van der Waals surface area (Å²) in [7, 11) is 0. The highest BCUT2D eigenvalue weighted by Crippen LogP contribution is 2.30. The summed E-state index contributed by atoms with van der Waals surface area (Å²) in [4.78, 5) is 21.9. The van der Waals surface area contributed by atoms with Crippen molar-refractivity contribution in [3.63, 3.8) is 0 Å². The minimum absolute atomic E-state index is 0.0333. The predicted molar refractivity (Wildman–Crippen MR) is 64.8 cm³/mol. The van der Waals surface area contributed by atoms with Crippen molar-refractivity contribution in [3.8, 4) is 0 Å².